The minimum absolute atomic E-state index is 0.0306. The summed E-state index contributed by atoms with van der Waals surface area (Å²) in [5, 5.41) is 0. The van der Waals surface area contributed by atoms with Gasteiger partial charge in [-0.05, 0) is 44.9 Å². The van der Waals surface area contributed by atoms with Gasteiger partial charge in [0.1, 0.15) is 5.60 Å². The summed E-state index contributed by atoms with van der Waals surface area (Å²) >= 11 is 3.43. The summed E-state index contributed by atoms with van der Waals surface area (Å²) in [5.41, 5.74) is 1.75. The number of benzene rings is 1. The van der Waals surface area contributed by atoms with Crippen molar-refractivity contribution in [3.05, 3.63) is 27.7 Å². The SMILES string of the molecule is CCC(=O)c1cc(Br)cc2c1N(C(=O)OC(C)(C)C)CC2. The van der Waals surface area contributed by atoms with Crippen LogP contribution in [0.25, 0.3) is 0 Å². The Morgan fingerprint density at radius 2 is 2.00 bits per heavy atom. The molecular weight excluding hydrogens is 334 g/mol. The Morgan fingerprint density at radius 3 is 2.57 bits per heavy atom. The van der Waals surface area contributed by atoms with E-state index in [1.165, 1.54) is 0 Å². The van der Waals surface area contributed by atoms with Crippen LogP contribution < -0.4 is 4.90 Å². The highest BCUT2D eigenvalue weighted by atomic mass is 79.9. The molecule has 1 aromatic rings. The highest BCUT2D eigenvalue weighted by Gasteiger charge is 2.32. The van der Waals surface area contributed by atoms with Crippen LogP contribution in [0.15, 0.2) is 16.6 Å². The lowest BCUT2D eigenvalue weighted by Gasteiger charge is -2.25. The molecule has 1 aromatic carbocycles. The first-order valence-corrected chi connectivity index (χ1v) is 7.88. The Hall–Kier alpha value is -1.36. The number of amides is 1. The van der Waals surface area contributed by atoms with E-state index in [9.17, 15) is 9.59 Å². The fourth-order valence-electron chi connectivity index (χ4n) is 2.41. The molecule has 0 aliphatic carbocycles. The molecule has 2 rings (SSSR count). The zero-order valence-electron chi connectivity index (χ0n) is 12.8. The number of ether oxygens (including phenoxy) is 1. The van der Waals surface area contributed by atoms with E-state index in [-0.39, 0.29) is 5.78 Å². The first-order valence-electron chi connectivity index (χ1n) is 7.09. The van der Waals surface area contributed by atoms with E-state index >= 15 is 0 Å². The van der Waals surface area contributed by atoms with Gasteiger partial charge < -0.3 is 4.74 Å². The number of anilines is 1. The van der Waals surface area contributed by atoms with Crippen molar-refractivity contribution in [1.82, 2.24) is 0 Å². The summed E-state index contributed by atoms with van der Waals surface area (Å²) in [6, 6.07) is 3.75. The molecule has 1 aliphatic heterocycles. The van der Waals surface area contributed by atoms with Crippen molar-refractivity contribution < 1.29 is 14.3 Å². The van der Waals surface area contributed by atoms with Crippen molar-refractivity contribution >= 4 is 33.5 Å². The number of hydrogen-bond acceptors (Lipinski definition) is 3. The van der Waals surface area contributed by atoms with Crippen molar-refractivity contribution in [1.29, 1.82) is 0 Å². The molecule has 0 aromatic heterocycles. The third-order valence-corrected chi connectivity index (χ3v) is 3.72. The first kappa shape index (κ1) is 16.0. The molecule has 0 saturated heterocycles. The van der Waals surface area contributed by atoms with Crippen LogP contribution in [0.3, 0.4) is 0 Å². The van der Waals surface area contributed by atoms with E-state index in [2.05, 4.69) is 15.9 Å². The molecule has 1 heterocycles. The van der Waals surface area contributed by atoms with Gasteiger partial charge in [0.05, 0.1) is 5.69 Å². The molecule has 0 bridgehead atoms. The highest BCUT2D eigenvalue weighted by molar-refractivity contribution is 9.10. The molecule has 0 unspecified atom stereocenters. The fraction of sp³-hybridized carbons (Fsp3) is 0.500. The standard InChI is InChI=1S/C16H20BrNO3/c1-5-13(19)12-9-11(17)8-10-6-7-18(14(10)12)15(20)21-16(2,3)4/h8-9H,5-7H2,1-4H3. The largest absolute Gasteiger partial charge is 0.443 e. The number of nitrogens with zero attached hydrogens (tertiary/aromatic N) is 1. The molecular formula is C16H20BrNO3. The minimum Gasteiger partial charge on any atom is -0.443 e. The lowest BCUT2D eigenvalue weighted by molar-refractivity contribution is 0.0584. The Bertz CT molecular complexity index is 590. The third-order valence-electron chi connectivity index (χ3n) is 3.26. The van der Waals surface area contributed by atoms with Crippen LogP contribution in [0.4, 0.5) is 10.5 Å². The molecule has 0 radical (unpaired) electrons. The second kappa shape index (κ2) is 5.79. The molecule has 0 spiro atoms. The van der Waals surface area contributed by atoms with Gasteiger partial charge in [-0.3, -0.25) is 9.69 Å². The van der Waals surface area contributed by atoms with Crippen molar-refractivity contribution in [2.24, 2.45) is 0 Å². The molecule has 0 saturated carbocycles. The van der Waals surface area contributed by atoms with Crippen molar-refractivity contribution in [3.8, 4) is 0 Å². The predicted octanol–water partition coefficient (Wildman–Crippen LogP) is 4.34. The van der Waals surface area contributed by atoms with E-state index in [0.29, 0.717) is 24.2 Å². The molecule has 21 heavy (non-hydrogen) atoms. The zero-order chi connectivity index (χ0) is 15.8. The van der Waals surface area contributed by atoms with Gasteiger partial charge in [0.2, 0.25) is 0 Å². The Morgan fingerprint density at radius 1 is 1.33 bits per heavy atom. The van der Waals surface area contributed by atoms with E-state index in [1.807, 2.05) is 33.8 Å². The maximum absolute atomic E-state index is 12.4. The molecule has 5 heteroatoms. The van der Waals surface area contributed by atoms with Gasteiger partial charge in [0.15, 0.2) is 5.78 Å². The van der Waals surface area contributed by atoms with Crippen molar-refractivity contribution in [2.75, 3.05) is 11.4 Å². The summed E-state index contributed by atoms with van der Waals surface area (Å²) in [7, 11) is 0. The molecule has 0 atom stereocenters. The van der Waals surface area contributed by atoms with E-state index in [0.717, 1.165) is 16.5 Å². The van der Waals surface area contributed by atoms with Crippen LogP contribution in [-0.4, -0.2) is 24.0 Å². The number of halogens is 1. The Balaban J connectivity index is 2.42. The second-order valence-electron chi connectivity index (χ2n) is 6.12. The van der Waals surface area contributed by atoms with Crippen molar-refractivity contribution in [2.45, 2.75) is 46.1 Å². The topological polar surface area (TPSA) is 46.6 Å². The Labute approximate surface area is 133 Å². The van der Waals surface area contributed by atoms with Crippen LogP contribution in [0.1, 0.15) is 50.0 Å². The van der Waals surface area contributed by atoms with Crippen LogP contribution >= 0.6 is 15.9 Å². The number of carbonyl (C=O) groups is 2. The lowest BCUT2D eigenvalue weighted by atomic mass is 10.0. The van der Waals surface area contributed by atoms with Gasteiger partial charge in [-0.25, -0.2) is 4.79 Å². The minimum atomic E-state index is -0.551. The van der Waals surface area contributed by atoms with Gasteiger partial charge >= 0.3 is 6.09 Å². The summed E-state index contributed by atoms with van der Waals surface area (Å²) in [6.07, 6.45) is 0.747. The molecule has 1 aliphatic rings. The number of rotatable bonds is 2. The number of carbonyl (C=O) groups excluding carboxylic acids is 2. The number of ketones is 1. The van der Waals surface area contributed by atoms with Gasteiger partial charge in [-0.1, -0.05) is 22.9 Å². The number of fused-ring (bicyclic) bond motifs is 1. The van der Waals surface area contributed by atoms with Crippen LogP contribution in [-0.2, 0) is 11.2 Å². The summed E-state index contributed by atoms with van der Waals surface area (Å²) in [5.74, 6) is 0.0306. The number of Topliss-reactive ketones (excluding diaryl/α,β-unsaturated/α-hetero) is 1. The normalized spacial score (nSPS) is 14.0. The molecule has 114 valence electrons. The maximum Gasteiger partial charge on any atom is 0.414 e. The quantitative estimate of drug-likeness (QED) is 0.743. The Kier molecular flexibility index (Phi) is 4.42. The van der Waals surface area contributed by atoms with Crippen LogP contribution in [0, 0.1) is 0 Å². The fourth-order valence-corrected chi connectivity index (χ4v) is 2.92. The third kappa shape index (κ3) is 3.46. The van der Waals surface area contributed by atoms with Crippen LogP contribution in [0.2, 0.25) is 0 Å². The summed E-state index contributed by atoms with van der Waals surface area (Å²) in [4.78, 5) is 26.1. The van der Waals surface area contributed by atoms with Gasteiger partial charge in [-0.2, -0.15) is 0 Å². The average Bonchev–Trinajstić information content (AvgIpc) is 2.78. The number of hydrogen-bond donors (Lipinski definition) is 0. The van der Waals surface area contributed by atoms with E-state index in [4.69, 9.17) is 4.74 Å². The van der Waals surface area contributed by atoms with Crippen molar-refractivity contribution in [3.63, 3.8) is 0 Å². The molecule has 1 amide bonds. The van der Waals surface area contributed by atoms with E-state index in [1.54, 1.807) is 11.0 Å². The zero-order valence-corrected chi connectivity index (χ0v) is 14.4. The first-order chi connectivity index (χ1) is 9.73. The van der Waals surface area contributed by atoms with Gasteiger partial charge in [-0.15, -0.1) is 0 Å². The van der Waals surface area contributed by atoms with Crippen LogP contribution in [0.5, 0.6) is 0 Å². The predicted molar refractivity (Wildman–Crippen MR) is 86.0 cm³/mol. The summed E-state index contributed by atoms with van der Waals surface area (Å²) < 4.78 is 6.31. The maximum atomic E-state index is 12.4. The van der Waals surface area contributed by atoms with Gasteiger partial charge in [0, 0.05) is 23.0 Å². The monoisotopic (exact) mass is 353 g/mol. The van der Waals surface area contributed by atoms with E-state index < -0.39 is 11.7 Å². The van der Waals surface area contributed by atoms with Gasteiger partial charge in [0.25, 0.3) is 0 Å². The summed E-state index contributed by atoms with van der Waals surface area (Å²) in [6.45, 7) is 7.87. The smallest absolute Gasteiger partial charge is 0.414 e. The average molecular weight is 354 g/mol. The lowest BCUT2D eigenvalue weighted by Crippen LogP contribution is -2.36. The highest BCUT2D eigenvalue weighted by Crippen LogP contribution is 2.36. The molecule has 4 nitrogen and oxygen atoms in total. The molecule has 0 N–H and O–H groups in total. The molecule has 0 fully saturated rings. The second-order valence-corrected chi connectivity index (χ2v) is 7.04.